The van der Waals surface area contributed by atoms with E-state index in [2.05, 4.69) is 4.90 Å². The SMILES string of the molecule is COCCCOCCN(C)CC(C)O. The number of hydrogen-bond donors (Lipinski definition) is 1. The molecule has 14 heavy (non-hydrogen) atoms. The van der Waals surface area contributed by atoms with Crippen molar-refractivity contribution in [1.82, 2.24) is 4.90 Å². The highest BCUT2D eigenvalue weighted by atomic mass is 16.5. The number of methoxy groups -OCH3 is 1. The van der Waals surface area contributed by atoms with Gasteiger partial charge in [-0.2, -0.15) is 0 Å². The zero-order chi connectivity index (χ0) is 10.8. The van der Waals surface area contributed by atoms with Gasteiger partial charge in [0.1, 0.15) is 0 Å². The lowest BCUT2D eigenvalue weighted by molar-refractivity contribution is 0.0761. The van der Waals surface area contributed by atoms with Crippen molar-refractivity contribution in [2.45, 2.75) is 19.4 Å². The molecule has 1 N–H and O–H groups in total. The minimum atomic E-state index is -0.270. The highest BCUT2D eigenvalue weighted by Crippen LogP contribution is 1.89. The van der Waals surface area contributed by atoms with Gasteiger partial charge in [-0.15, -0.1) is 0 Å². The fraction of sp³-hybridized carbons (Fsp3) is 1.00. The molecule has 1 unspecified atom stereocenters. The van der Waals surface area contributed by atoms with Crippen LogP contribution in [-0.4, -0.2) is 63.2 Å². The Morgan fingerprint density at radius 3 is 2.57 bits per heavy atom. The van der Waals surface area contributed by atoms with Crippen LogP contribution in [0.25, 0.3) is 0 Å². The van der Waals surface area contributed by atoms with Crippen LogP contribution >= 0.6 is 0 Å². The van der Waals surface area contributed by atoms with Crippen LogP contribution in [0.1, 0.15) is 13.3 Å². The highest BCUT2D eigenvalue weighted by Gasteiger charge is 2.01. The molecule has 0 aliphatic heterocycles. The zero-order valence-electron chi connectivity index (χ0n) is 9.53. The van der Waals surface area contributed by atoms with E-state index in [1.54, 1.807) is 14.0 Å². The summed E-state index contributed by atoms with van der Waals surface area (Å²) >= 11 is 0. The van der Waals surface area contributed by atoms with Crippen LogP contribution in [-0.2, 0) is 9.47 Å². The summed E-state index contributed by atoms with van der Waals surface area (Å²) in [5, 5.41) is 9.10. The lowest BCUT2D eigenvalue weighted by atomic mass is 10.4. The molecule has 0 aliphatic carbocycles. The summed E-state index contributed by atoms with van der Waals surface area (Å²) in [6, 6.07) is 0. The topological polar surface area (TPSA) is 41.9 Å². The van der Waals surface area contributed by atoms with Gasteiger partial charge in [-0.1, -0.05) is 0 Å². The van der Waals surface area contributed by atoms with Crippen molar-refractivity contribution >= 4 is 0 Å². The van der Waals surface area contributed by atoms with E-state index < -0.39 is 0 Å². The van der Waals surface area contributed by atoms with E-state index in [-0.39, 0.29) is 6.10 Å². The molecule has 0 aromatic rings. The first-order valence-electron chi connectivity index (χ1n) is 5.10. The van der Waals surface area contributed by atoms with Crippen molar-refractivity contribution in [2.24, 2.45) is 0 Å². The van der Waals surface area contributed by atoms with Gasteiger partial charge < -0.3 is 19.5 Å². The molecule has 0 saturated carbocycles. The third-order valence-electron chi connectivity index (χ3n) is 1.83. The number of ether oxygens (including phenoxy) is 2. The summed E-state index contributed by atoms with van der Waals surface area (Å²) < 4.78 is 10.3. The lowest BCUT2D eigenvalue weighted by Gasteiger charge is -2.17. The Morgan fingerprint density at radius 2 is 2.00 bits per heavy atom. The molecule has 0 aromatic carbocycles. The van der Waals surface area contributed by atoms with E-state index in [1.807, 2.05) is 7.05 Å². The molecule has 0 aromatic heterocycles. The van der Waals surface area contributed by atoms with Gasteiger partial charge >= 0.3 is 0 Å². The predicted molar refractivity (Wildman–Crippen MR) is 56.5 cm³/mol. The molecule has 0 radical (unpaired) electrons. The molecule has 0 fully saturated rings. The maximum atomic E-state index is 9.10. The monoisotopic (exact) mass is 205 g/mol. The Labute approximate surface area is 86.8 Å². The molecular weight excluding hydrogens is 182 g/mol. The second-order valence-electron chi connectivity index (χ2n) is 3.57. The molecule has 1 atom stereocenters. The standard InChI is InChI=1S/C10H23NO3/c1-10(12)9-11(2)5-8-14-7-4-6-13-3/h10,12H,4-9H2,1-3H3. The third kappa shape index (κ3) is 9.92. The van der Waals surface area contributed by atoms with Crippen molar-refractivity contribution < 1.29 is 14.6 Å². The van der Waals surface area contributed by atoms with Gasteiger partial charge in [-0.25, -0.2) is 0 Å². The Morgan fingerprint density at radius 1 is 1.29 bits per heavy atom. The van der Waals surface area contributed by atoms with Crippen molar-refractivity contribution in [1.29, 1.82) is 0 Å². The van der Waals surface area contributed by atoms with Gasteiger partial charge in [0.15, 0.2) is 0 Å². The van der Waals surface area contributed by atoms with Crippen molar-refractivity contribution in [3.8, 4) is 0 Å². The van der Waals surface area contributed by atoms with Gasteiger partial charge in [0.25, 0.3) is 0 Å². The maximum absolute atomic E-state index is 9.10. The average molecular weight is 205 g/mol. The van der Waals surface area contributed by atoms with Crippen molar-refractivity contribution in [2.75, 3.05) is 47.1 Å². The first-order valence-corrected chi connectivity index (χ1v) is 5.10. The first kappa shape index (κ1) is 13.8. The summed E-state index contributed by atoms with van der Waals surface area (Å²) in [5.41, 5.74) is 0. The van der Waals surface area contributed by atoms with E-state index in [0.717, 1.165) is 26.2 Å². The fourth-order valence-electron chi connectivity index (χ4n) is 1.17. The molecule has 4 heteroatoms. The number of nitrogens with zero attached hydrogens (tertiary/aromatic N) is 1. The van der Waals surface area contributed by atoms with Crippen LogP contribution in [0.4, 0.5) is 0 Å². The Balaban J connectivity index is 3.10. The molecular formula is C10H23NO3. The number of aliphatic hydroxyl groups excluding tert-OH is 1. The van der Waals surface area contributed by atoms with E-state index >= 15 is 0 Å². The van der Waals surface area contributed by atoms with E-state index in [9.17, 15) is 0 Å². The normalized spacial score (nSPS) is 13.5. The molecule has 86 valence electrons. The van der Waals surface area contributed by atoms with Gasteiger partial charge in [0.2, 0.25) is 0 Å². The molecule has 0 amide bonds. The van der Waals surface area contributed by atoms with Gasteiger partial charge in [0, 0.05) is 33.4 Å². The molecule has 0 spiro atoms. The lowest BCUT2D eigenvalue weighted by Crippen LogP contribution is -2.30. The van der Waals surface area contributed by atoms with Crippen LogP contribution in [0, 0.1) is 0 Å². The first-order chi connectivity index (χ1) is 6.66. The quantitative estimate of drug-likeness (QED) is 0.552. The third-order valence-corrected chi connectivity index (χ3v) is 1.83. The fourth-order valence-corrected chi connectivity index (χ4v) is 1.17. The van der Waals surface area contributed by atoms with Crippen LogP contribution in [0.2, 0.25) is 0 Å². The van der Waals surface area contributed by atoms with Crippen molar-refractivity contribution in [3.05, 3.63) is 0 Å². The number of hydrogen-bond acceptors (Lipinski definition) is 4. The van der Waals surface area contributed by atoms with Crippen LogP contribution in [0.15, 0.2) is 0 Å². The summed E-state index contributed by atoms with van der Waals surface area (Å²) in [6.07, 6.45) is 0.671. The molecule has 0 bridgehead atoms. The number of aliphatic hydroxyl groups is 1. The second kappa shape index (κ2) is 9.40. The average Bonchev–Trinajstić information content (AvgIpc) is 2.10. The van der Waals surface area contributed by atoms with Crippen LogP contribution in [0.5, 0.6) is 0 Å². The molecule has 0 heterocycles. The molecule has 0 aliphatic rings. The van der Waals surface area contributed by atoms with Gasteiger partial charge in [0.05, 0.1) is 12.7 Å². The summed E-state index contributed by atoms with van der Waals surface area (Å²) in [5.74, 6) is 0. The summed E-state index contributed by atoms with van der Waals surface area (Å²) in [6.45, 7) is 5.56. The number of likely N-dealkylation sites (N-methyl/N-ethyl adjacent to an activating group) is 1. The maximum Gasteiger partial charge on any atom is 0.0638 e. The smallest absolute Gasteiger partial charge is 0.0638 e. The Bertz CT molecular complexity index is 120. The van der Waals surface area contributed by atoms with Gasteiger partial charge in [-0.3, -0.25) is 0 Å². The zero-order valence-corrected chi connectivity index (χ0v) is 9.53. The van der Waals surface area contributed by atoms with E-state index in [4.69, 9.17) is 14.6 Å². The molecule has 0 saturated heterocycles. The Kier molecular flexibility index (Phi) is 9.29. The minimum absolute atomic E-state index is 0.270. The highest BCUT2D eigenvalue weighted by molar-refractivity contribution is 4.55. The number of rotatable bonds is 9. The Hall–Kier alpha value is -0.160. The van der Waals surface area contributed by atoms with E-state index in [1.165, 1.54) is 0 Å². The summed E-state index contributed by atoms with van der Waals surface area (Å²) in [4.78, 5) is 2.06. The predicted octanol–water partition coefficient (Wildman–Crippen LogP) is 0.352. The van der Waals surface area contributed by atoms with Crippen LogP contribution in [0.3, 0.4) is 0 Å². The summed E-state index contributed by atoms with van der Waals surface area (Å²) in [7, 11) is 3.67. The second-order valence-corrected chi connectivity index (χ2v) is 3.57. The van der Waals surface area contributed by atoms with Gasteiger partial charge in [-0.05, 0) is 20.4 Å². The molecule has 0 rings (SSSR count). The van der Waals surface area contributed by atoms with Crippen molar-refractivity contribution in [3.63, 3.8) is 0 Å². The van der Waals surface area contributed by atoms with Crippen LogP contribution < -0.4 is 0 Å². The molecule has 4 nitrogen and oxygen atoms in total. The van der Waals surface area contributed by atoms with E-state index in [0.29, 0.717) is 13.2 Å². The minimum Gasteiger partial charge on any atom is -0.392 e. The largest absolute Gasteiger partial charge is 0.392 e.